The molecule has 5 rings (SSSR count). The van der Waals surface area contributed by atoms with Crippen LogP contribution >= 0.6 is 22.9 Å². The number of halogens is 2. The van der Waals surface area contributed by atoms with Gasteiger partial charge in [-0.25, -0.2) is 9.37 Å². The molecule has 2 aromatic carbocycles. The average Bonchev–Trinajstić information content (AvgIpc) is 3.33. The largest absolute Gasteiger partial charge is 0.419 e. The number of hydrogen-bond acceptors (Lipinski definition) is 6. The summed E-state index contributed by atoms with van der Waals surface area (Å²) in [7, 11) is 0. The number of rotatable bonds is 7. The smallest absolute Gasteiger partial charge is 0.247 e. The standard InChI is InChI=1S/C23H18ClFN4O2S/c24-16-6-4-14(5-7-16)22-28-27-20(31-22)12-29(19-8-9-19)21(30)11-18-13-32-23(26-18)15-2-1-3-17(25)10-15/h1-7,10,13,19H,8-9,11-12H2. The van der Waals surface area contributed by atoms with E-state index in [1.165, 1.54) is 23.5 Å². The summed E-state index contributed by atoms with van der Waals surface area (Å²) in [5.74, 6) is 0.413. The van der Waals surface area contributed by atoms with Crippen molar-refractivity contribution >= 4 is 28.8 Å². The first kappa shape index (κ1) is 20.8. The Morgan fingerprint density at radius 3 is 2.72 bits per heavy atom. The fourth-order valence-corrected chi connectivity index (χ4v) is 4.32. The zero-order valence-electron chi connectivity index (χ0n) is 16.9. The predicted molar refractivity (Wildman–Crippen MR) is 120 cm³/mol. The van der Waals surface area contributed by atoms with Crippen LogP contribution in [0.1, 0.15) is 24.4 Å². The highest BCUT2D eigenvalue weighted by Crippen LogP contribution is 2.30. The first-order valence-corrected chi connectivity index (χ1v) is 11.4. The maximum atomic E-state index is 13.5. The lowest BCUT2D eigenvalue weighted by Gasteiger charge is -2.20. The lowest BCUT2D eigenvalue weighted by molar-refractivity contribution is -0.132. The molecule has 4 aromatic rings. The van der Waals surface area contributed by atoms with E-state index in [1.807, 2.05) is 17.5 Å². The molecule has 0 radical (unpaired) electrons. The van der Waals surface area contributed by atoms with Crippen molar-refractivity contribution in [1.82, 2.24) is 20.1 Å². The highest BCUT2D eigenvalue weighted by molar-refractivity contribution is 7.13. The molecule has 9 heteroatoms. The van der Waals surface area contributed by atoms with Crippen LogP contribution in [0.5, 0.6) is 0 Å². The molecule has 0 unspecified atom stereocenters. The first-order valence-electron chi connectivity index (χ1n) is 10.1. The first-order chi connectivity index (χ1) is 15.5. The Balaban J connectivity index is 1.28. The summed E-state index contributed by atoms with van der Waals surface area (Å²) in [6.07, 6.45) is 2.07. The summed E-state index contributed by atoms with van der Waals surface area (Å²) >= 11 is 7.32. The van der Waals surface area contributed by atoms with E-state index < -0.39 is 0 Å². The van der Waals surface area contributed by atoms with Crippen LogP contribution in [0.3, 0.4) is 0 Å². The van der Waals surface area contributed by atoms with Crippen molar-refractivity contribution in [3.8, 4) is 22.0 Å². The molecular weight excluding hydrogens is 451 g/mol. The fraction of sp³-hybridized carbons (Fsp3) is 0.217. The number of benzene rings is 2. The van der Waals surface area contributed by atoms with Crippen molar-refractivity contribution in [3.05, 3.63) is 76.3 Å². The third kappa shape index (κ3) is 4.71. The van der Waals surface area contributed by atoms with Crippen LogP contribution in [0.4, 0.5) is 4.39 Å². The minimum atomic E-state index is -0.312. The van der Waals surface area contributed by atoms with Crippen LogP contribution in [-0.4, -0.2) is 32.0 Å². The van der Waals surface area contributed by atoms with Crippen molar-refractivity contribution in [2.45, 2.75) is 31.8 Å². The molecule has 1 amide bonds. The van der Waals surface area contributed by atoms with E-state index in [1.54, 1.807) is 29.2 Å². The number of thiazole rings is 1. The quantitative estimate of drug-likeness (QED) is 0.364. The van der Waals surface area contributed by atoms with Crippen LogP contribution in [0.25, 0.3) is 22.0 Å². The van der Waals surface area contributed by atoms with Gasteiger partial charge in [-0.1, -0.05) is 23.7 Å². The second-order valence-electron chi connectivity index (χ2n) is 7.59. The normalized spacial score (nSPS) is 13.3. The summed E-state index contributed by atoms with van der Waals surface area (Å²) in [4.78, 5) is 19.3. The van der Waals surface area contributed by atoms with E-state index in [9.17, 15) is 9.18 Å². The van der Waals surface area contributed by atoms with Gasteiger partial charge in [0.15, 0.2) is 0 Å². The molecule has 0 saturated heterocycles. The van der Waals surface area contributed by atoms with Crippen LogP contribution in [0.2, 0.25) is 5.02 Å². The molecule has 1 aliphatic carbocycles. The molecule has 1 aliphatic rings. The highest BCUT2D eigenvalue weighted by Gasteiger charge is 2.34. The topological polar surface area (TPSA) is 72.1 Å². The minimum absolute atomic E-state index is 0.0464. The zero-order valence-corrected chi connectivity index (χ0v) is 18.4. The van der Waals surface area contributed by atoms with Crippen molar-refractivity contribution in [2.24, 2.45) is 0 Å². The summed E-state index contributed by atoms with van der Waals surface area (Å²) in [5.41, 5.74) is 2.13. The molecule has 0 bridgehead atoms. The van der Waals surface area contributed by atoms with E-state index in [0.717, 1.165) is 18.4 Å². The van der Waals surface area contributed by atoms with Gasteiger partial charge < -0.3 is 9.32 Å². The van der Waals surface area contributed by atoms with E-state index >= 15 is 0 Å². The van der Waals surface area contributed by atoms with Crippen molar-refractivity contribution < 1.29 is 13.6 Å². The molecule has 2 heterocycles. The Hall–Kier alpha value is -3.10. The number of carbonyl (C=O) groups is 1. The molecule has 0 N–H and O–H groups in total. The van der Waals surface area contributed by atoms with Crippen LogP contribution in [0.15, 0.2) is 58.3 Å². The average molecular weight is 469 g/mol. The number of hydrogen-bond donors (Lipinski definition) is 0. The maximum absolute atomic E-state index is 13.5. The molecule has 0 spiro atoms. The molecular formula is C23H18ClFN4O2S. The maximum Gasteiger partial charge on any atom is 0.247 e. The molecule has 6 nitrogen and oxygen atoms in total. The van der Waals surface area contributed by atoms with Gasteiger partial charge in [-0.05, 0) is 49.2 Å². The Morgan fingerprint density at radius 1 is 1.16 bits per heavy atom. The monoisotopic (exact) mass is 468 g/mol. The lowest BCUT2D eigenvalue weighted by atomic mass is 10.2. The molecule has 1 fully saturated rings. The van der Waals surface area contributed by atoms with E-state index in [0.29, 0.717) is 33.1 Å². The van der Waals surface area contributed by atoms with Gasteiger partial charge in [-0.3, -0.25) is 4.79 Å². The minimum Gasteiger partial charge on any atom is -0.419 e. The molecule has 32 heavy (non-hydrogen) atoms. The number of nitrogens with zero attached hydrogens (tertiary/aromatic N) is 4. The fourth-order valence-electron chi connectivity index (χ4n) is 3.38. The van der Waals surface area contributed by atoms with Gasteiger partial charge in [-0.15, -0.1) is 21.5 Å². The van der Waals surface area contributed by atoms with E-state index in [2.05, 4.69) is 15.2 Å². The Bertz CT molecular complexity index is 1250. The highest BCUT2D eigenvalue weighted by atomic mass is 35.5. The van der Waals surface area contributed by atoms with Crippen molar-refractivity contribution in [1.29, 1.82) is 0 Å². The van der Waals surface area contributed by atoms with Crippen LogP contribution in [-0.2, 0) is 17.8 Å². The van der Waals surface area contributed by atoms with Crippen molar-refractivity contribution in [3.63, 3.8) is 0 Å². The number of aromatic nitrogens is 3. The van der Waals surface area contributed by atoms with Gasteiger partial charge in [0.05, 0.1) is 18.7 Å². The van der Waals surface area contributed by atoms with E-state index in [-0.39, 0.29) is 30.7 Å². The SMILES string of the molecule is O=C(Cc1csc(-c2cccc(F)c2)n1)N(Cc1nnc(-c2ccc(Cl)cc2)o1)C1CC1. The second-order valence-corrected chi connectivity index (χ2v) is 8.89. The van der Waals surface area contributed by atoms with Gasteiger partial charge in [0.1, 0.15) is 10.8 Å². The van der Waals surface area contributed by atoms with Gasteiger partial charge in [0.2, 0.25) is 17.7 Å². The van der Waals surface area contributed by atoms with Crippen molar-refractivity contribution in [2.75, 3.05) is 0 Å². The summed E-state index contributed by atoms with van der Waals surface area (Å²) in [6, 6.07) is 13.6. The van der Waals surface area contributed by atoms with Gasteiger partial charge in [-0.2, -0.15) is 0 Å². The molecule has 2 aromatic heterocycles. The third-order valence-electron chi connectivity index (χ3n) is 5.13. The zero-order chi connectivity index (χ0) is 22.1. The third-order valence-corrected chi connectivity index (χ3v) is 6.32. The van der Waals surface area contributed by atoms with Gasteiger partial charge in [0.25, 0.3) is 0 Å². The molecule has 0 aliphatic heterocycles. The number of amides is 1. The molecule has 162 valence electrons. The van der Waals surface area contributed by atoms with E-state index in [4.69, 9.17) is 16.0 Å². The van der Waals surface area contributed by atoms with Gasteiger partial charge in [0, 0.05) is 27.6 Å². The van der Waals surface area contributed by atoms with Crippen LogP contribution < -0.4 is 0 Å². The summed E-state index contributed by atoms with van der Waals surface area (Å²) < 4.78 is 19.3. The van der Waals surface area contributed by atoms with Crippen LogP contribution in [0, 0.1) is 5.82 Å². The second kappa shape index (κ2) is 8.80. The number of carbonyl (C=O) groups excluding carboxylic acids is 1. The summed E-state index contributed by atoms with van der Waals surface area (Å²) in [5, 5.41) is 11.4. The van der Waals surface area contributed by atoms with Gasteiger partial charge >= 0.3 is 0 Å². The predicted octanol–water partition coefficient (Wildman–Crippen LogP) is 5.39. The Kier molecular flexibility index (Phi) is 5.71. The Labute approximate surface area is 192 Å². The Morgan fingerprint density at radius 2 is 1.97 bits per heavy atom. The molecule has 1 saturated carbocycles. The summed E-state index contributed by atoms with van der Waals surface area (Å²) in [6.45, 7) is 0.255. The molecule has 0 atom stereocenters. The lowest BCUT2D eigenvalue weighted by Crippen LogP contribution is -2.34.